The molecule has 2 saturated heterocycles. The molecule has 7 nitrogen and oxygen atoms in total. The number of nitrogens with zero attached hydrogens (tertiary/aromatic N) is 3. The number of methoxy groups -OCH3 is 3. The summed E-state index contributed by atoms with van der Waals surface area (Å²) in [5.74, 6) is 4.04. The summed E-state index contributed by atoms with van der Waals surface area (Å²) in [4.78, 5) is 10.0. The number of hydrogen-bond acceptors (Lipinski definition) is 5. The van der Waals surface area contributed by atoms with E-state index in [-0.39, 0.29) is 0 Å². The van der Waals surface area contributed by atoms with Gasteiger partial charge in [-0.2, -0.15) is 0 Å². The molecule has 2 aliphatic heterocycles. The molecule has 0 bridgehead atoms. The van der Waals surface area contributed by atoms with Crippen LogP contribution in [-0.2, 0) is 6.42 Å². The van der Waals surface area contributed by atoms with Crippen molar-refractivity contribution in [3.8, 4) is 17.2 Å². The highest BCUT2D eigenvalue weighted by molar-refractivity contribution is 5.80. The fraction of sp³-hybridized carbons (Fsp3) is 0.708. The largest absolute Gasteiger partial charge is 0.496 e. The summed E-state index contributed by atoms with van der Waals surface area (Å²) in [5, 5.41) is 3.49. The molecule has 3 rings (SSSR count). The maximum absolute atomic E-state index is 5.58. The van der Waals surface area contributed by atoms with Gasteiger partial charge in [-0.25, -0.2) is 0 Å². The maximum atomic E-state index is 5.58. The summed E-state index contributed by atoms with van der Waals surface area (Å²) in [6.07, 6.45) is 6.11. The van der Waals surface area contributed by atoms with Crippen molar-refractivity contribution in [1.82, 2.24) is 15.1 Å². The summed E-state index contributed by atoms with van der Waals surface area (Å²) >= 11 is 0. The molecule has 174 valence electrons. The van der Waals surface area contributed by atoms with Gasteiger partial charge in [0, 0.05) is 50.4 Å². The Morgan fingerprint density at radius 3 is 2.35 bits per heavy atom. The van der Waals surface area contributed by atoms with E-state index in [1.807, 2.05) is 12.1 Å². The highest BCUT2D eigenvalue weighted by Crippen LogP contribution is 2.34. The number of piperidine rings is 1. The number of nitrogens with one attached hydrogen (secondary N) is 1. The zero-order valence-corrected chi connectivity index (χ0v) is 19.8. The Bertz CT molecular complexity index is 694. The first-order chi connectivity index (χ1) is 15.2. The molecule has 2 aliphatic rings. The Labute approximate surface area is 187 Å². The topological polar surface area (TPSA) is 58.6 Å². The molecule has 0 saturated carbocycles. The van der Waals surface area contributed by atoms with Crippen LogP contribution in [0.1, 0.15) is 38.2 Å². The van der Waals surface area contributed by atoms with Crippen LogP contribution in [0.4, 0.5) is 0 Å². The van der Waals surface area contributed by atoms with E-state index in [0.29, 0.717) is 6.54 Å². The Morgan fingerprint density at radius 2 is 1.74 bits per heavy atom. The predicted octanol–water partition coefficient (Wildman–Crippen LogP) is 3.03. The molecule has 1 aromatic carbocycles. The van der Waals surface area contributed by atoms with Crippen LogP contribution in [0.5, 0.6) is 17.2 Å². The molecule has 31 heavy (non-hydrogen) atoms. The minimum absolute atomic E-state index is 0.675. The smallest absolute Gasteiger partial charge is 0.193 e. The number of rotatable bonds is 9. The Hall–Kier alpha value is -2.15. The fourth-order valence-corrected chi connectivity index (χ4v) is 4.70. The molecule has 1 aromatic rings. The van der Waals surface area contributed by atoms with Gasteiger partial charge in [-0.15, -0.1) is 0 Å². The molecule has 7 heteroatoms. The van der Waals surface area contributed by atoms with Crippen molar-refractivity contribution >= 4 is 5.96 Å². The Kier molecular flexibility index (Phi) is 9.13. The van der Waals surface area contributed by atoms with Gasteiger partial charge < -0.3 is 29.3 Å². The molecule has 0 amide bonds. The predicted molar refractivity (Wildman–Crippen MR) is 126 cm³/mol. The van der Waals surface area contributed by atoms with Crippen molar-refractivity contribution in [2.75, 3.05) is 67.1 Å². The summed E-state index contributed by atoms with van der Waals surface area (Å²) < 4.78 is 16.5. The molecule has 1 unspecified atom stereocenters. The zero-order chi connectivity index (χ0) is 22.1. The zero-order valence-electron chi connectivity index (χ0n) is 19.8. The fourth-order valence-electron chi connectivity index (χ4n) is 4.70. The van der Waals surface area contributed by atoms with Crippen LogP contribution in [-0.4, -0.2) is 82.9 Å². The average molecular weight is 433 g/mol. The monoisotopic (exact) mass is 432 g/mol. The second kappa shape index (κ2) is 12.0. The second-order valence-electron chi connectivity index (χ2n) is 8.46. The quantitative estimate of drug-likeness (QED) is 0.478. The van der Waals surface area contributed by atoms with Crippen LogP contribution < -0.4 is 19.5 Å². The molecule has 0 radical (unpaired) electrons. The van der Waals surface area contributed by atoms with E-state index in [4.69, 9.17) is 19.2 Å². The molecule has 0 aliphatic carbocycles. The van der Waals surface area contributed by atoms with E-state index in [2.05, 4.69) is 22.0 Å². The van der Waals surface area contributed by atoms with Gasteiger partial charge in [-0.1, -0.05) is 6.42 Å². The average Bonchev–Trinajstić information content (AvgIpc) is 3.27. The Morgan fingerprint density at radius 1 is 1.03 bits per heavy atom. The van der Waals surface area contributed by atoms with Crippen LogP contribution in [0, 0.1) is 5.92 Å². The molecule has 2 heterocycles. The molecule has 1 atom stereocenters. The molecule has 0 aromatic heterocycles. The molecule has 2 fully saturated rings. The number of aliphatic imine (C=N–C) groups is 1. The van der Waals surface area contributed by atoms with Crippen molar-refractivity contribution in [1.29, 1.82) is 0 Å². The van der Waals surface area contributed by atoms with Crippen molar-refractivity contribution in [3.05, 3.63) is 17.7 Å². The van der Waals surface area contributed by atoms with E-state index in [0.717, 1.165) is 60.7 Å². The third-order valence-corrected chi connectivity index (χ3v) is 6.33. The van der Waals surface area contributed by atoms with E-state index in [1.54, 1.807) is 21.3 Å². The highest BCUT2D eigenvalue weighted by atomic mass is 16.5. The maximum Gasteiger partial charge on any atom is 0.193 e. The highest BCUT2D eigenvalue weighted by Gasteiger charge is 2.27. The van der Waals surface area contributed by atoms with E-state index in [1.165, 1.54) is 45.3 Å². The number of guanidine groups is 1. The van der Waals surface area contributed by atoms with Gasteiger partial charge in [0.1, 0.15) is 17.2 Å². The standard InChI is InChI=1S/C24H40N4O3/c1-5-25-24(28-14-10-19(18-28)17-27-12-7-6-8-13-27)26-11-9-21-22(30-3)15-20(29-2)16-23(21)31-4/h15-16,19H,5-14,17-18H2,1-4H3,(H,25,26). The minimum Gasteiger partial charge on any atom is -0.496 e. The SMILES string of the molecule is CCNC(=NCCc1c(OC)cc(OC)cc1OC)N1CCC(CN2CCCCC2)C1. The first-order valence-corrected chi connectivity index (χ1v) is 11.7. The lowest BCUT2D eigenvalue weighted by atomic mass is 10.1. The number of benzene rings is 1. The van der Waals surface area contributed by atoms with Gasteiger partial charge in [0.15, 0.2) is 5.96 Å². The summed E-state index contributed by atoms with van der Waals surface area (Å²) in [5.41, 5.74) is 1.02. The van der Waals surface area contributed by atoms with Crippen LogP contribution >= 0.6 is 0 Å². The van der Waals surface area contributed by atoms with Crippen molar-refractivity contribution in [2.24, 2.45) is 10.9 Å². The van der Waals surface area contributed by atoms with Crippen molar-refractivity contribution < 1.29 is 14.2 Å². The van der Waals surface area contributed by atoms with Crippen molar-refractivity contribution in [2.45, 2.75) is 39.0 Å². The minimum atomic E-state index is 0.675. The van der Waals surface area contributed by atoms with Gasteiger partial charge >= 0.3 is 0 Å². The third kappa shape index (κ3) is 6.42. The van der Waals surface area contributed by atoms with E-state index < -0.39 is 0 Å². The summed E-state index contributed by atoms with van der Waals surface area (Å²) in [7, 11) is 5.00. The van der Waals surface area contributed by atoms with Crippen LogP contribution in [0.25, 0.3) is 0 Å². The van der Waals surface area contributed by atoms with Gasteiger partial charge in [0.25, 0.3) is 0 Å². The first-order valence-electron chi connectivity index (χ1n) is 11.7. The molecular formula is C24H40N4O3. The second-order valence-corrected chi connectivity index (χ2v) is 8.46. The van der Waals surface area contributed by atoms with E-state index >= 15 is 0 Å². The van der Waals surface area contributed by atoms with Crippen molar-refractivity contribution in [3.63, 3.8) is 0 Å². The van der Waals surface area contributed by atoms with Crippen LogP contribution in [0.3, 0.4) is 0 Å². The van der Waals surface area contributed by atoms with Crippen LogP contribution in [0.2, 0.25) is 0 Å². The van der Waals surface area contributed by atoms with Crippen LogP contribution in [0.15, 0.2) is 17.1 Å². The molecule has 0 spiro atoms. The van der Waals surface area contributed by atoms with Gasteiger partial charge in [-0.3, -0.25) is 4.99 Å². The third-order valence-electron chi connectivity index (χ3n) is 6.33. The number of likely N-dealkylation sites (tertiary alicyclic amines) is 2. The first kappa shape index (κ1) is 23.5. The summed E-state index contributed by atoms with van der Waals surface area (Å²) in [6, 6.07) is 3.80. The number of ether oxygens (including phenoxy) is 3. The van der Waals surface area contributed by atoms with Gasteiger partial charge in [0.2, 0.25) is 0 Å². The van der Waals surface area contributed by atoms with Gasteiger partial charge in [-0.05, 0) is 51.6 Å². The van der Waals surface area contributed by atoms with E-state index in [9.17, 15) is 0 Å². The number of hydrogen-bond donors (Lipinski definition) is 1. The summed E-state index contributed by atoms with van der Waals surface area (Å²) in [6.45, 7) is 9.64. The lowest BCUT2D eigenvalue weighted by Crippen LogP contribution is -2.41. The molecule has 1 N–H and O–H groups in total. The lowest BCUT2D eigenvalue weighted by Gasteiger charge is -2.29. The normalized spacial score (nSPS) is 20.1. The van der Waals surface area contributed by atoms with Gasteiger partial charge in [0.05, 0.1) is 21.3 Å². The lowest BCUT2D eigenvalue weighted by molar-refractivity contribution is 0.198. The Balaban J connectivity index is 1.61. The molecular weight excluding hydrogens is 392 g/mol.